The first-order valence-corrected chi connectivity index (χ1v) is 4.87. The number of carboxylic acids is 1. The number of hydrogen-bond acceptors (Lipinski definition) is 2. The van der Waals surface area contributed by atoms with Gasteiger partial charge in [-0.25, -0.2) is 0 Å². The Kier molecular flexibility index (Phi) is 2.96. The zero-order valence-electron chi connectivity index (χ0n) is 8.29. The zero-order chi connectivity index (χ0) is 10.1. The van der Waals surface area contributed by atoms with E-state index >= 15 is 0 Å². The summed E-state index contributed by atoms with van der Waals surface area (Å²) in [4.78, 5) is 10.7. The van der Waals surface area contributed by atoms with Gasteiger partial charge in [-0.3, -0.25) is 4.79 Å². The lowest BCUT2D eigenvalue weighted by Crippen LogP contribution is -2.34. The summed E-state index contributed by atoms with van der Waals surface area (Å²) in [6, 6.07) is 0. The standard InChI is InChI=1S/C10H18O3/c1-7(9(11)12)8-3-5-10(2,13)6-4-8/h7-8,13H,3-6H2,1-2H3,(H,11,12)/t7-,8?,10?/m1/s1. The number of hydrogen-bond donors (Lipinski definition) is 2. The maximum absolute atomic E-state index is 10.7. The topological polar surface area (TPSA) is 57.5 Å². The van der Waals surface area contributed by atoms with Crippen molar-refractivity contribution in [2.24, 2.45) is 11.8 Å². The molecule has 76 valence electrons. The Morgan fingerprint density at radius 3 is 2.31 bits per heavy atom. The number of aliphatic carboxylic acids is 1. The Bertz CT molecular complexity index is 188. The van der Waals surface area contributed by atoms with Crippen molar-refractivity contribution >= 4 is 5.97 Å². The summed E-state index contributed by atoms with van der Waals surface area (Å²) in [5, 5.41) is 18.5. The fourth-order valence-electron chi connectivity index (χ4n) is 1.96. The Balaban J connectivity index is 2.45. The van der Waals surface area contributed by atoms with Crippen LogP contribution in [0.25, 0.3) is 0 Å². The molecule has 0 heterocycles. The fourth-order valence-corrected chi connectivity index (χ4v) is 1.96. The van der Waals surface area contributed by atoms with Crippen LogP contribution >= 0.6 is 0 Å². The number of carbonyl (C=O) groups is 1. The highest BCUT2D eigenvalue weighted by Gasteiger charge is 2.33. The van der Waals surface area contributed by atoms with Crippen molar-refractivity contribution in [2.75, 3.05) is 0 Å². The maximum atomic E-state index is 10.7. The highest BCUT2D eigenvalue weighted by atomic mass is 16.4. The minimum Gasteiger partial charge on any atom is -0.481 e. The molecular formula is C10H18O3. The zero-order valence-corrected chi connectivity index (χ0v) is 8.29. The average Bonchev–Trinajstić information content (AvgIpc) is 2.03. The van der Waals surface area contributed by atoms with E-state index in [1.165, 1.54) is 0 Å². The quantitative estimate of drug-likeness (QED) is 0.689. The normalized spacial score (nSPS) is 37.0. The summed E-state index contributed by atoms with van der Waals surface area (Å²) < 4.78 is 0. The predicted molar refractivity (Wildman–Crippen MR) is 49.4 cm³/mol. The summed E-state index contributed by atoms with van der Waals surface area (Å²) in [6.07, 6.45) is 3.13. The van der Waals surface area contributed by atoms with Crippen molar-refractivity contribution in [1.82, 2.24) is 0 Å². The van der Waals surface area contributed by atoms with Crippen LogP contribution in [0.2, 0.25) is 0 Å². The second-order valence-corrected chi connectivity index (χ2v) is 4.46. The SMILES string of the molecule is C[C@@H](C(=O)O)C1CCC(C)(O)CC1. The van der Waals surface area contributed by atoms with Gasteiger partial charge in [0.2, 0.25) is 0 Å². The van der Waals surface area contributed by atoms with Crippen LogP contribution in [0.15, 0.2) is 0 Å². The van der Waals surface area contributed by atoms with E-state index in [0.717, 1.165) is 25.7 Å². The Morgan fingerprint density at radius 1 is 1.46 bits per heavy atom. The van der Waals surface area contributed by atoms with E-state index in [9.17, 15) is 9.90 Å². The van der Waals surface area contributed by atoms with Gasteiger partial charge in [0.15, 0.2) is 0 Å². The average molecular weight is 186 g/mol. The smallest absolute Gasteiger partial charge is 0.306 e. The van der Waals surface area contributed by atoms with Crippen molar-refractivity contribution in [3.63, 3.8) is 0 Å². The molecule has 1 fully saturated rings. The molecule has 0 aromatic heterocycles. The number of aliphatic hydroxyl groups is 1. The summed E-state index contributed by atoms with van der Waals surface area (Å²) in [7, 11) is 0. The molecule has 0 bridgehead atoms. The monoisotopic (exact) mass is 186 g/mol. The second kappa shape index (κ2) is 3.66. The molecular weight excluding hydrogens is 168 g/mol. The van der Waals surface area contributed by atoms with E-state index in [2.05, 4.69) is 0 Å². The molecule has 1 atom stereocenters. The van der Waals surface area contributed by atoms with Crippen LogP contribution in [0.1, 0.15) is 39.5 Å². The number of carboxylic acid groups (broad SMARTS) is 1. The molecule has 0 saturated heterocycles. The van der Waals surface area contributed by atoms with Gasteiger partial charge >= 0.3 is 5.97 Å². The van der Waals surface area contributed by atoms with Gasteiger partial charge in [-0.05, 0) is 38.5 Å². The van der Waals surface area contributed by atoms with Crippen LogP contribution in [0, 0.1) is 11.8 Å². The largest absolute Gasteiger partial charge is 0.481 e. The third-order valence-corrected chi connectivity index (χ3v) is 3.20. The molecule has 0 aromatic carbocycles. The maximum Gasteiger partial charge on any atom is 0.306 e. The van der Waals surface area contributed by atoms with E-state index in [0.29, 0.717) is 0 Å². The van der Waals surface area contributed by atoms with Crippen molar-refractivity contribution in [3.05, 3.63) is 0 Å². The second-order valence-electron chi connectivity index (χ2n) is 4.46. The van der Waals surface area contributed by atoms with Gasteiger partial charge in [-0.15, -0.1) is 0 Å². The Hall–Kier alpha value is -0.570. The highest BCUT2D eigenvalue weighted by Crippen LogP contribution is 2.35. The first-order chi connectivity index (χ1) is 5.92. The molecule has 2 N–H and O–H groups in total. The molecule has 3 nitrogen and oxygen atoms in total. The summed E-state index contributed by atoms with van der Waals surface area (Å²) in [5.74, 6) is -0.736. The molecule has 0 aromatic rings. The van der Waals surface area contributed by atoms with E-state index in [4.69, 9.17) is 5.11 Å². The van der Waals surface area contributed by atoms with Gasteiger partial charge in [-0.2, -0.15) is 0 Å². The van der Waals surface area contributed by atoms with Gasteiger partial charge in [0.25, 0.3) is 0 Å². The first kappa shape index (κ1) is 10.5. The van der Waals surface area contributed by atoms with E-state index in [-0.39, 0.29) is 11.8 Å². The lowest BCUT2D eigenvalue weighted by Gasteiger charge is -2.34. The molecule has 1 aliphatic rings. The minimum absolute atomic E-state index is 0.248. The molecule has 1 aliphatic carbocycles. The number of rotatable bonds is 2. The highest BCUT2D eigenvalue weighted by molar-refractivity contribution is 5.69. The third kappa shape index (κ3) is 2.69. The fraction of sp³-hybridized carbons (Fsp3) is 0.900. The molecule has 0 radical (unpaired) electrons. The lowest BCUT2D eigenvalue weighted by atomic mass is 9.75. The van der Waals surface area contributed by atoms with Crippen molar-refractivity contribution in [2.45, 2.75) is 45.1 Å². The first-order valence-electron chi connectivity index (χ1n) is 4.87. The van der Waals surface area contributed by atoms with Crippen LogP contribution in [-0.2, 0) is 4.79 Å². The lowest BCUT2D eigenvalue weighted by molar-refractivity contribution is -0.144. The van der Waals surface area contributed by atoms with E-state index < -0.39 is 11.6 Å². The molecule has 1 rings (SSSR count). The van der Waals surface area contributed by atoms with Crippen molar-refractivity contribution in [1.29, 1.82) is 0 Å². The molecule has 0 amide bonds. The molecule has 13 heavy (non-hydrogen) atoms. The molecule has 0 aliphatic heterocycles. The van der Waals surface area contributed by atoms with Crippen LogP contribution < -0.4 is 0 Å². The van der Waals surface area contributed by atoms with Gasteiger partial charge in [-0.1, -0.05) is 6.92 Å². The van der Waals surface area contributed by atoms with Gasteiger partial charge in [0.1, 0.15) is 0 Å². The van der Waals surface area contributed by atoms with E-state index in [1.807, 2.05) is 6.92 Å². The Labute approximate surface area is 78.8 Å². The van der Waals surface area contributed by atoms with Crippen molar-refractivity contribution < 1.29 is 15.0 Å². The molecule has 3 heteroatoms. The van der Waals surface area contributed by atoms with Gasteiger partial charge in [0, 0.05) is 0 Å². The molecule has 1 saturated carbocycles. The van der Waals surface area contributed by atoms with E-state index in [1.54, 1.807) is 6.92 Å². The minimum atomic E-state index is -0.716. The van der Waals surface area contributed by atoms with Crippen LogP contribution in [0.3, 0.4) is 0 Å². The third-order valence-electron chi connectivity index (χ3n) is 3.20. The van der Waals surface area contributed by atoms with Crippen LogP contribution in [0.4, 0.5) is 0 Å². The van der Waals surface area contributed by atoms with Crippen LogP contribution in [-0.4, -0.2) is 21.8 Å². The van der Waals surface area contributed by atoms with Crippen molar-refractivity contribution in [3.8, 4) is 0 Å². The summed E-state index contributed by atoms with van der Waals surface area (Å²) >= 11 is 0. The van der Waals surface area contributed by atoms with Gasteiger partial charge in [0.05, 0.1) is 11.5 Å². The van der Waals surface area contributed by atoms with Gasteiger partial charge < -0.3 is 10.2 Å². The summed E-state index contributed by atoms with van der Waals surface area (Å²) in [6.45, 7) is 3.59. The predicted octanol–water partition coefficient (Wildman–Crippen LogP) is 1.65. The molecule has 0 unspecified atom stereocenters. The van der Waals surface area contributed by atoms with Crippen LogP contribution in [0.5, 0.6) is 0 Å². The summed E-state index contributed by atoms with van der Waals surface area (Å²) in [5.41, 5.74) is -0.561. The Morgan fingerprint density at radius 2 is 1.92 bits per heavy atom. The molecule has 0 spiro atoms.